The summed E-state index contributed by atoms with van der Waals surface area (Å²) in [6.07, 6.45) is 4.97. The maximum absolute atomic E-state index is 13.2. The predicted molar refractivity (Wildman–Crippen MR) is 113 cm³/mol. The number of nitrogens with one attached hydrogen (secondary N) is 2. The lowest BCUT2D eigenvalue weighted by Crippen LogP contribution is -2.46. The van der Waals surface area contributed by atoms with Crippen LogP contribution in [-0.2, 0) is 22.6 Å². The third-order valence-corrected chi connectivity index (χ3v) is 5.54. The van der Waals surface area contributed by atoms with Gasteiger partial charge in [0.2, 0.25) is 11.8 Å². The Balaban J connectivity index is 1.33. The van der Waals surface area contributed by atoms with Crippen molar-refractivity contribution in [2.75, 3.05) is 13.1 Å². The number of hydrogen-bond donors (Lipinski definition) is 2. The van der Waals surface area contributed by atoms with Crippen molar-refractivity contribution in [3.63, 3.8) is 0 Å². The smallest absolute Gasteiger partial charge is 0.225 e. The molecule has 160 valence electrons. The molecule has 7 nitrogen and oxygen atoms in total. The molecule has 1 aliphatic rings. The van der Waals surface area contributed by atoms with Crippen LogP contribution in [0.4, 0.5) is 4.39 Å². The highest BCUT2D eigenvalue weighted by Gasteiger charge is 2.30. The number of carbonyl (C=O) groups excluding carboxylic acids is 2. The van der Waals surface area contributed by atoms with Crippen molar-refractivity contribution in [3.05, 3.63) is 71.9 Å². The lowest BCUT2D eigenvalue weighted by Gasteiger charge is -2.32. The Morgan fingerprint density at radius 1 is 1.23 bits per heavy atom. The highest BCUT2D eigenvalue weighted by molar-refractivity contribution is 5.84. The maximum Gasteiger partial charge on any atom is 0.225 e. The standard InChI is InChI=1S/C23H24FN5O2/c24-19-7-4-16(5-8-19)22-18(14-27-28-22)13-26-23(31)17-6-9-21(30)29(15-17)12-10-20-3-1-2-11-25-20/h1-5,7-8,11,14,17H,6,9-10,12-13,15H2,(H,26,31)(H,27,28)/t17-/m1/s1. The van der Waals surface area contributed by atoms with Gasteiger partial charge in [0, 0.05) is 55.5 Å². The molecule has 31 heavy (non-hydrogen) atoms. The van der Waals surface area contributed by atoms with Gasteiger partial charge in [-0.25, -0.2) is 4.39 Å². The summed E-state index contributed by atoms with van der Waals surface area (Å²) in [6.45, 7) is 1.27. The molecule has 1 atom stereocenters. The lowest BCUT2D eigenvalue weighted by molar-refractivity contribution is -0.138. The summed E-state index contributed by atoms with van der Waals surface area (Å²) in [5.41, 5.74) is 3.29. The van der Waals surface area contributed by atoms with Crippen LogP contribution >= 0.6 is 0 Å². The van der Waals surface area contributed by atoms with E-state index in [1.165, 1.54) is 12.1 Å². The van der Waals surface area contributed by atoms with Crippen LogP contribution in [-0.4, -0.2) is 45.0 Å². The summed E-state index contributed by atoms with van der Waals surface area (Å²) in [4.78, 5) is 31.1. The van der Waals surface area contributed by atoms with Gasteiger partial charge in [-0.15, -0.1) is 0 Å². The number of pyridine rings is 1. The number of rotatable bonds is 7. The molecular formula is C23H24FN5O2. The van der Waals surface area contributed by atoms with E-state index in [1.54, 1.807) is 29.4 Å². The number of halogens is 1. The topological polar surface area (TPSA) is 91.0 Å². The SMILES string of the molecule is O=C(NCc1cn[nH]c1-c1ccc(F)cc1)[C@@H]1CCC(=O)N(CCc2ccccn2)C1. The van der Waals surface area contributed by atoms with Gasteiger partial charge in [-0.1, -0.05) is 6.07 Å². The molecule has 1 aliphatic heterocycles. The number of benzene rings is 1. The van der Waals surface area contributed by atoms with E-state index in [1.807, 2.05) is 18.2 Å². The van der Waals surface area contributed by atoms with Crippen molar-refractivity contribution < 1.29 is 14.0 Å². The number of hydrogen-bond acceptors (Lipinski definition) is 4. The molecule has 3 aromatic rings. The number of carbonyl (C=O) groups is 2. The molecule has 3 heterocycles. The quantitative estimate of drug-likeness (QED) is 0.614. The number of piperidine rings is 1. The molecular weight excluding hydrogens is 397 g/mol. The average Bonchev–Trinajstić information content (AvgIpc) is 3.27. The minimum Gasteiger partial charge on any atom is -0.352 e. The molecule has 0 saturated carbocycles. The Morgan fingerprint density at radius 2 is 2.06 bits per heavy atom. The highest BCUT2D eigenvalue weighted by atomic mass is 19.1. The first-order valence-corrected chi connectivity index (χ1v) is 10.3. The van der Waals surface area contributed by atoms with Gasteiger partial charge in [0.25, 0.3) is 0 Å². The number of amides is 2. The fraction of sp³-hybridized carbons (Fsp3) is 0.304. The molecule has 8 heteroatoms. The third-order valence-electron chi connectivity index (χ3n) is 5.54. The molecule has 1 fully saturated rings. The van der Waals surface area contributed by atoms with Gasteiger partial charge in [-0.3, -0.25) is 19.7 Å². The number of aromatic nitrogens is 3. The van der Waals surface area contributed by atoms with E-state index in [9.17, 15) is 14.0 Å². The monoisotopic (exact) mass is 421 g/mol. The fourth-order valence-electron chi connectivity index (χ4n) is 3.78. The minimum absolute atomic E-state index is 0.0772. The summed E-state index contributed by atoms with van der Waals surface area (Å²) >= 11 is 0. The Kier molecular flexibility index (Phi) is 6.35. The van der Waals surface area contributed by atoms with Crippen molar-refractivity contribution in [2.24, 2.45) is 5.92 Å². The molecule has 0 spiro atoms. The van der Waals surface area contributed by atoms with Crippen LogP contribution < -0.4 is 5.32 Å². The average molecular weight is 421 g/mol. The Bertz CT molecular complexity index is 1040. The number of H-pyrrole nitrogens is 1. The highest BCUT2D eigenvalue weighted by Crippen LogP contribution is 2.22. The normalized spacial score (nSPS) is 16.4. The van der Waals surface area contributed by atoms with Gasteiger partial charge in [0.1, 0.15) is 5.82 Å². The van der Waals surface area contributed by atoms with Crippen LogP contribution in [0.1, 0.15) is 24.1 Å². The summed E-state index contributed by atoms with van der Waals surface area (Å²) in [5, 5.41) is 9.93. The first kappa shape index (κ1) is 20.7. The largest absolute Gasteiger partial charge is 0.352 e. The molecule has 2 N–H and O–H groups in total. The lowest BCUT2D eigenvalue weighted by atomic mass is 9.96. The maximum atomic E-state index is 13.2. The number of likely N-dealkylation sites (tertiary alicyclic amines) is 1. The summed E-state index contributed by atoms with van der Waals surface area (Å²) in [7, 11) is 0. The predicted octanol–water partition coefficient (Wildman–Crippen LogP) is 2.71. The van der Waals surface area contributed by atoms with E-state index in [0.717, 1.165) is 22.5 Å². The molecule has 0 bridgehead atoms. The van der Waals surface area contributed by atoms with Crippen LogP contribution in [0, 0.1) is 11.7 Å². The first-order chi connectivity index (χ1) is 15.1. The van der Waals surface area contributed by atoms with Crippen LogP contribution in [0.15, 0.2) is 54.9 Å². The van der Waals surface area contributed by atoms with E-state index >= 15 is 0 Å². The molecule has 4 rings (SSSR count). The van der Waals surface area contributed by atoms with Crippen molar-refractivity contribution in [2.45, 2.75) is 25.8 Å². The second kappa shape index (κ2) is 9.51. The molecule has 2 amide bonds. The zero-order valence-corrected chi connectivity index (χ0v) is 17.1. The Labute approximate surface area is 179 Å². The summed E-state index contributed by atoms with van der Waals surface area (Å²) in [6, 6.07) is 11.8. The molecule has 0 radical (unpaired) electrons. The third kappa shape index (κ3) is 5.14. The first-order valence-electron chi connectivity index (χ1n) is 10.3. The second-order valence-corrected chi connectivity index (χ2v) is 7.64. The second-order valence-electron chi connectivity index (χ2n) is 7.64. The molecule has 1 saturated heterocycles. The Hall–Kier alpha value is -3.55. The van der Waals surface area contributed by atoms with Crippen LogP contribution in [0.25, 0.3) is 11.3 Å². The van der Waals surface area contributed by atoms with Crippen molar-refractivity contribution in [3.8, 4) is 11.3 Å². The van der Waals surface area contributed by atoms with Gasteiger partial charge in [0.15, 0.2) is 0 Å². The van der Waals surface area contributed by atoms with Gasteiger partial charge >= 0.3 is 0 Å². The number of aromatic amines is 1. The summed E-state index contributed by atoms with van der Waals surface area (Å²) < 4.78 is 13.2. The van der Waals surface area contributed by atoms with Crippen LogP contribution in [0.3, 0.4) is 0 Å². The van der Waals surface area contributed by atoms with Crippen molar-refractivity contribution in [1.29, 1.82) is 0 Å². The minimum atomic E-state index is -0.308. The fourth-order valence-corrected chi connectivity index (χ4v) is 3.78. The Morgan fingerprint density at radius 3 is 2.84 bits per heavy atom. The van der Waals surface area contributed by atoms with Gasteiger partial charge in [0.05, 0.1) is 17.8 Å². The van der Waals surface area contributed by atoms with Crippen LogP contribution in [0.5, 0.6) is 0 Å². The van der Waals surface area contributed by atoms with E-state index in [4.69, 9.17) is 0 Å². The van der Waals surface area contributed by atoms with Gasteiger partial charge in [-0.05, 0) is 42.8 Å². The zero-order valence-electron chi connectivity index (χ0n) is 17.1. The van der Waals surface area contributed by atoms with Crippen molar-refractivity contribution in [1.82, 2.24) is 25.4 Å². The van der Waals surface area contributed by atoms with E-state index in [0.29, 0.717) is 38.9 Å². The molecule has 0 aliphatic carbocycles. The van der Waals surface area contributed by atoms with Gasteiger partial charge in [-0.2, -0.15) is 5.10 Å². The van der Waals surface area contributed by atoms with Crippen molar-refractivity contribution >= 4 is 11.8 Å². The van der Waals surface area contributed by atoms with E-state index in [2.05, 4.69) is 20.5 Å². The van der Waals surface area contributed by atoms with Crippen LogP contribution in [0.2, 0.25) is 0 Å². The molecule has 0 unspecified atom stereocenters. The summed E-state index contributed by atoms with van der Waals surface area (Å²) in [5.74, 6) is -0.560. The van der Waals surface area contributed by atoms with Gasteiger partial charge < -0.3 is 10.2 Å². The zero-order chi connectivity index (χ0) is 21.6. The van der Waals surface area contributed by atoms with E-state index < -0.39 is 0 Å². The molecule has 1 aromatic carbocycles. The number of nitrogens with zero attached hydrogens (tertiary/aromatic N) is 3. The molecule has 2 aromatic heterocycles. The van der Waals surface area contributed by atoms with E-state index in [-0.39, 0.29) is 23.5 Å².